The number of benzene rings is 3. The summed E-state index contributed by atoms with van der Waals surface area (Å²) in [7, 11) is 2.22. The van der Waals surface area contributed by atoms with Crippen molar-refractivity contribution in [1.29, 1.82) is 0 Å². The summed E-state index contributed by atoms with van der Waals surface area (Å²) in [6, 6.07) is 20.6. The highest BCUT2D eigenvalue weighted by molar-refractivity contribution is 7.99. The molecule has 0 saturated heterocycles. The number of nitrogens with zero attached hydrogens (tertiary/aromatic N) is 1. The van der Waals surface area contributed by atoms with Crippen LogP contribution in [0.5, 0.6) is 0 Å². The van der Waals surface area contributed by atoms with Gasteiger partial charge in [-0.05, 0) is 58.4 Å². The number of hydrogen-bond acceptors (Lipinski definition) is 2. The van der Waals surface area contributed by atoms with Crippen molar-refractivity contribution in [2.75, 3.05) is 11.9 Å². The molecule has 28 heavy (non-hydrogen) atoms. The average molecular weight is 386 g/mol. The van der Waals surface area contributed by atoms with Crippen LogP contribution in [0.3, 0.4) is 0 Å². The molecule has 0 amide bonds. The van der Waals surface area contributed by atoms with Crippen LogP contribution < -0.4 is 4.90 Å². The molecule has 5 rings (SSSR count). The molecule has 0 bridgehead atoms. The predicted molar refractivity (Wildman–Crippen MR) is 121 cm³/mol. The fraction of sp³-hybridized carbons (Fsp3) is 0.308. The first-order valence-corrected chi connectivity index (χ1v) is 11.0. The van der Waals surface area contributed by atoms with Crippen molar-refractivity contribution >= 4 is 23.1 Å². The Labute approximate surface area is 172 Å². The Hall–Kier alpha value is -2.19. The normalized spacial score (nSPS) is 15.9. The van der Waals surface area contributed by atoms with E-state index in [1.165, 1.54) is 49.0 Å². The molecule has 1 nitrogen and oxygen atoms in total. The zero-order chi connectivity index (χ0) is 19.6. The molecule has 2 heteroatoms. The molecule has 0 radical (unpaired) electrons. The minimum Gasteiger partial charge on any atom is -0.343 e. The highest BCUT2D eigenvalue weighted by Gasteiger charge is 2.37. The van der Waals surface area contributed by atoms with E-state index in [-0.39, 0.29) is 5.41 Å². The van der Waals surface area contributed by atoms with Gasteiger partial charge in [-0.25, -0.2) is 0 Å². The summed E-state index contributed by atoms with van der Waals surface area (Å²) < 4.78 is 0. The van der Waals surface area contributed by atoms with Gasteiger partial charge in [-0.1, -0.05) is 75.9 Å². The van der Waals surface area contributed by atoms with Crippen LogP contribution in [0, 0.1) is 5.92 Å². The molecule has 0 aromatic heterocycles. The molecule has 3 aromatic rings. The maximum atomic E-state index is 2.44. The van der Waals surface area contributed by atoms with Gasteiger partial charge >= 0.3 is 0 Å². The van der Waals surface area contributed by atoms with Crippen LogP contribution in [-0.2, 0) is 11.8 Å². The highest BCUT2D eigenvalue weighted by Crippen LogP contribution is 2.55. The van der Waals surface area contributed by atoms with Crippen molar-refractivity contribution < 1.29 is 0 Å². The van der Waals surface area contributed by atoms with Crippen molar-refractivity contribution in [3.05, 3.63) is 71.3 Å². The molecule has 0 N–H and O–H groups in total. The van der Waals surface area contributed by atoms with Crippen LogP contribution >= 0.6 is 11.8 Å². The molecule has 0 fully saturated rings. The molecule has 1 aliphatic carbocycles. The lowest BCUT2D eigenvalue weighted by Crippen LogP contribution is -2.19. The highest BCUT2D eigenvalue weighted by atomic mass is 32.2. The average Bonchev–Trinajstić information content (AvgIpc) is 2.89. The maximum Gasteiger partial charge on any atom is 0.0553 e. The number of rotatable bonds is 2. The van der Waals surface area contributed by atoms with Gasteiger partial charge in [-0.15, -0.1) is 0 Å². The molecule has 3 aromatic carbocycles. The van der Waals surface area contributed by atoms with Crippen molar-refractivity contribution in [2.24, 2.45) is 5.92 Å². The van der Waals surface area contributed by atoms with E-state index in [0.29, 0.717) is 5.92 Å². The molecular formula is C26H27NS. The minimum atomic E-state index is 0.0478. The molecule has 0 spiro atoms. The summed E-state index contributed by atoms with van der Waals surface area (Å²) in [4.78, 5) is 5.19. The van der Waals surface area contributed by atoms with Gasteiger partial charge in [0.2, 0.25) is 0 Å². The van der Waals surface area contributed by atoms with Gasteiger partial charge in [0.05, 0.1) is 11.4 Å². The van der Waals surface area contributed by atoms with Crippen LogP contribution in [-0.4, -0.2) is 7.05 Å². The van der Waals surface area contributed by atoms with Crippen LogP contribution in [0.1, 0.15) is 44.4 Å². The minimum absolute atomic E-state index is 0.0478. The lowest BCUT2D eigenvalue weighted by molar-refractivity contribution is 0.640. The first-order valence-electron chi connectivity index (χ1n) is 10.2. The quantitative estimate of drug-likeness (QED) is 0.451. The Morgan fingerprint density at radius 2 is 1.68 bits per heavy atom. The lowest BCUT2D eigenvalue weighted by Gasteiger charge is -2.33. The van der Waals surface area contributed by atoms with Gasteiger partial charge in [0.15, 0.2) is 0 Å². The summed E-state index contributed by atoms with van der Waals surface area (Å²) in [5.74, 6) is 0.659. The third kappa shape index (κ3) is 2.47. The second-order valence-electron chi connectivity index (χ2n) is 9.06. The Bertz CT molecular complexity index is 1090. The third-order valence-electron chi connectivity index (χ3n) is 6.30. The van der Waals surface area contributed by atoms with E-state index < -0.39 is 0 Å². The van der Waals surface area contributed by atoms with E-state index in [4.69, 9.17) is 0 Å². The Kier molecular flexibility index (Phi) is 3.93. The standard InChI is InChI=1S/C26H27NS/c1-16(2)13-17-9-8-12-22-25(17)28-24-14-19-18-10-6-7-11-20(18)26(3,4)21(19)15-23(24)27(22)5/h6-12,14-16H,13H2,1-5H3. The molecule has 0 atom stereocenters. The number of anilines is 2. The van der Waals surface area contributed by atoms with Gasteiger partial charge < -0.3 is 4.90 Å². The fourth-order valence-electron chi connectivity index (χ4n) is 4.85. The molecule has 1 heterocycles. The van der Waals surface area contributed by atoms with Crippen molar-refractivity contribution in [1.82, 2.24) is 0 Å². The second-order valence-corrected chi connectivity index (χ2v) is 10.1. The van der Waals surface area contributed by atoms with Gasteiger partial charge in [0.25, 0.3) is 0 Å². The Morgan fingerprint density at radius 1 is 0.893 bits per heavy atom. The van der Waals surface area contributed by atoms with Crippen LogP contribution in [0.15, 0.2) is 64.4 Å². The molecule has 0 unspecified atom stereocenters. The molecular weight excluding hydrogens is 358 g/mol. The summed E-state index contributed by atoms with van der Waals surface area (Å²) in [5, 5.41) is 0. The predicted octanol–water partition coefficient (Wildman–Crippen LogP) is 7.42. The molecule has 0 saturated carbocycles. The van der Waals surface area contributed by atoms with Gasteiger partial charge in [-0.3, -0.25) is 0 Å². The summed E-state index contributed by atoms with van der Waals surface area (Å²) in [6.07, 6.45) is 1.13. The van der Waals surface area contributed by atoms with Gasteiger partial charge in [0, 0.05) is 22.3 Å². The monoisotopic (exact) mass is 385 g/mol. The Morgan fingerprint density at radius 3 is 2.46 bits per heavy atom. The third-order valence-corrected chi connectivity index (χ3v) is 7.52. The first-order chi connectivity index (χ1) is 13.4. The van der Waals surface area contributed by atoms with Crippen LogP contribution in [0.25, 0.3) is 11.1 Å². The summed E-state index contributed by atoms with van der Waals surface area (Å²) in [5.41, 5.74) is 9.88. The smallest absolute Gasteiger partial charge is 0.0553 e. The van der Waals surface area contributed by atoms with Gasteiger partial charge in [-0.2, -0.15) is 0 Å². The van der Waals surface area contributed by atoms with Gasteiger partial charge in [0.1, 0.15) is 0 Å². The summed E-state index contributed by atoms with van der Waals surface area (Å²) >= 11 is 1.95. The van der Waals surface area contributed by atoms with Crippen LogP contribution in [0.4, 0.5) is 11.4 Å². The zero-order valence-electron chi connectivity index (χ0n) is 17.3. The summed E-state index contributed by atoms with van der Waals surface area (Å²) in [6.45, 7) is 9.32. The fourth-order valence-corrected chi connectivity index (χ4v) is 6.14. The maximum absolute atomic E-state index is 2.44. The largest absolute Gasteiger partial charge is 0.343 e. The van der Waals surface area contributed by atoms with E-state index in [0.717, 1.165) is 6.42 Å². The second kappa shape index (κ2) is 6.15. The van der Waals surface area contributed by atoms with Crippen molar-refractivity contribution in [3.8, 4) is 11.1 Å². The Balaban J connectivity index is 1.69. The topological polar surface area (TPSA) is 3.24 Å². The lowest BCUT2D eigenvalue weighted by atomic mass is 9.82. The van der Waals surface area contributed by atoms with E-state index in [2.05, 4.69) is 94.2 Å². The first kappa shape index (κ1) is 17.9. The van der Waals surface area contributed by atoms with E-state index in [1.54, 1.807) is 0 Å². The van der Waals surface area contributed by atoms with E-state index in [1.807, 2.05) is 11.8 Å². The van der Waals surface area contributed by atoms with Crippen LogP contribution in [0.2, 0.25) is 0 Å². The number of hydrogen-bond donors (Lipinski definition) is 0. The molecule has 142 valence electrons. The van der Waals surface area contributed by atoms with Crippen molar-refractivity contribution in [2.45, 2.75) is 49.3 Å². The number of fused-ring (bicyclic) bond motifs is 5. The van der Waals surface area contributed by atoms with E-state index >= 15 is 0 Å². The molecule has 2 aliphatic rings. The molecule has 1 aliphatic heterocycles. The van der Waals surface area contributed by atoms with Crippen molar-refractivity contribution in [3.63, 3.8) is 0 Å². The SMILES string of the molecule is CC(C)Cc1cccc2c1Sc1cc3c(cc1N2C)C(C)(C)c1ccccc1-3. The zero-order valence-corrected chi connectivity index (χ0v) is 18.2. The van der Waals surface area contributed by atoms with E-state index in [9.17, 15) is 0 Å².